The molecule has 0 saturated heterocycles. The van der Waals surface area contributed by atoms with Crippen LogP contribution in [0.1, 0.15) is 12.0 Å². The summed E-state index contributed by atoms with van der Waals surface area (Å²) in [6.45, 7) is 0.353. The Morgan fingerprint density at radius 3 is 2.48 bits per heavy atom. The third-order valence-electron chi connectivity index (χ3n) is 3.29. The number of nitrogens with zero attached hydrogens (tertiary/aromatic N) is 1. The average molecular weight is 282 g/mol. The van der Waals surface area contributed by atoms with Crippen LogP contribution in [0.5, 0.6) is 11.5 Å². The zero-order chi connectivity index (χ0) is 15.1. The van der Waals surface area contributed by atoms with Crippen LogP contribution in [0.4, 0.5) is 0 Å². The van der Waals surface area contributed by atoms with Crippen LogP contribution in [0, 0.1) is 11.3 Å². The Hall–Kier alpha value is -2.51. The lowest BCUT2D eigenvalue weighted by molar-refractivity contribution is 0.279. The van der Waals surface area contributed by atoms with Gasteiger partial charge in [-0.3, -0.25) is 0 Å². The summed E-state index contributed by atoms with van der Waals surface area (Å²) in [7, 11) is 1.61. The summed E-state index contributed by atoms with van der Waals surface area (Å²) >= 11 is 0. The molecule has 0 aliphatic heterocycles. The maximum absolute atomic E-state index is 9.37. The summed E-state index contributed by atoms with van der Waals surface area (Å²) in [5.74, 6) is 1.43. The summed E-state index contributed by atoms with van der Waals surface area (Å²) in [5, 5.41) is 9.37. The van der Waals surface area contributed by atoms with E-state index in [9.17, 15) is 5.26 Å². The first-order valence-corrected chi connectivity index (χ1v) is 6.70. The number of ether oxygens (including phenoxy) is 2. The van der Waals surface area contributed by atoms with Crippen molar-refractivity contribution in [2.45, 2.75) is 12.0 Å². The van der Waals surface area contributed by atoms with Crippen LogP contribution in [0.25, 0.3) is 0 Å². The second-order valence-corrected chi connectivity index (χ2v) is 4.73. The minimum absolute atomic E-state index is 0.353. The minimum Gasteiger partial charge on any atom is -0.497 e. The molecule has 0 saturated carbocycles. The van der Waals surface area contributed by atoms with Gasteiger partial charge in [-0.15, -0.1) is 0 Å². The van der Waals surface area contributed by atoms with E-state index in [4.69, 9.17) is 15.2 Å². The molecule has 21 heavy (non-hydrogen) atoms. The van der Waals surface area contributed by atoms with Gasteiger partial charge in [-0.2, -0.15) is 5.26 Å². The maximum atomic E-state index is 9.37. The van der Waals surface area contributed by atoms with Crippen LogP contribution in [0.15, 0.2) is 54.6 Å². The largest absolute Gasteiger partial charge is 0.497 e. The van der Waals surface area contributed by atoms with Gasteiger partial charge in [-0.25, -0.2) is 0 Å². The van der Waals surface area contributed by atoms with Crippen LogP contribution in [0.3, 0.4) is 0 Å². The van der Waals surface area contributed by atoms with Crippen molar-refractivity contribution >= 4 is 0 Å². The molecule has 1 atom stereocenters. The fourth-order valence-corrected chi connectivity index (χ4v) is 2.02. The van der Waals surface area contributed by atoms with E-state index in [0.717, 1.165) is 11.3 Å². The van der Waals surface area contributed by atoms with Crippen molar-refractivity contribution < 1.29 is 9.47 Å². The van der Waals surface area contributed by atoms with Gasteiger partial charge in [-0.1, -0.05) is 36.4 Å². The van der Waals surface area contributed by atoms with Crippen molar-refractivity contribution in [2.75, 3.05) is 13.7 Å². The van der Waals surface area contributed by atoms with Crippen molar-refractivity contribution in [1.29, 1.82) is 5.26 Å². The van der Waals surface area contributed by atoms with Gasteiger partial charge in [-0.05, 0) is 17.7 Å². The molecule has 2 aromatic rings. The Morgan fingerprint density at radius 1 is 1.10 bits per heavy atom. The zero-order valence-electron chi connectivity index (χ0n) is 12.0. The molecule has 2 aromatic carbocycles. The highest BCUT2D eigenvalue weighted by molar-refractivity contribution is 5.33. The van der Waals surface area contributed by atoms with Gasteiger partial charge in [0.25, 0.3) is 0 Å². The van der Waals surface area contributed by atoms with Gasteiger partial charge < -0.3 is 15.2 Å². The first kappa shape index (κ1) is 14.9. The van der Waals surface area contributed by atoms with E-state index >= 15 is 0 Å². The second-order valence-electron chi connectivity index (χ2n) is 4.73. The first-order valence-electron chi connectivity index (χ1n) is 6.70. The standard InChI is InChI=1S/C17H18N2O2/c1-20-15-8-5-9-16(12-15)21-11-10-17(19,13-18)14-6-3-2-4-7-14/h2-9,12H,10-11,19H2,1H3. The minimum atomic E-state index is -1.04. The predicted molar refractivity (Wildman–Crippen MR) is 81.0 cm³/mol. The van der Waals surface area contributed by atoms with Gasteiger partial charge in [0, 0.05) is 12.5 Å². The van der Waals surface area contributed by atoms with E-state index in [-0.39, 0.29) is 0 Å². The molecule has 0 amide bonds. The molecule has 4 nitrogen and oxygen atoms in total. The predicted octanol–water partition coefficient (Wildman–Crippen LogP) is 2.84. The van der Waals surface area contributed by atoms with Crippen LogP contribution in [-0.2, 0) is 5.54 Å². The van der Waals surface area contributed by atoms with Crippen molar-refractivity contribution in [3.63, 3.8) is 0 Å². The molecule has 108 valence electrons. The van der Waals surface area contributed by atoms with Gasteiger partial charge in [0.15, 0.2) is 0 Å². The van der Waals surface area contributed by atoms with E-state index in [1.54, 1.807) is 13.2 Å². The molecule has 0 aliphatic rings. The molecule has 0 aliphatic carbocycles. The zero-order valence-corrected chi connectivity index (χ0v) is 12.0. The second kappa shape index (κ2) is 6.78. The number of methoxy groups -OCH3 is 1. The normalized spacial score (nSPS) is 13.0. The fraction of sp³-hybridized carbons (Fsp3) is 0.235. The van der Waals surface area contributed by atoms with Crippen LogP contribution >= 0.6 is 0 Å². The highest BCUT2D eigenvalue weighted by Crippen LogP contribution is 2.23. The summed E-state index contributed by atoms with van der Waals surface area (Å²) in [6.07, 6.45) is 0.407. The lowest BCUT2D eigenvalue weighted by Crippen LogP contribution is -2.36. The van der Waals surface area contributed by atoms with E-state index in [2.05, 4.69) is 6.07 Å². The number of rotatable bonds is 6. The average Bonchev–Trinajstić information content (AvgIpc) is 2.55. The molecular weight excluding hydrogens is 264 g/mol. The van der Waals surface area contributed by atoms with Crippen molar-refractivity contribution in [2.24, 2.45) is 5.73 Å². The summed E-state index contributed by atoms with van der Waals surface area (Å²) in [5.41, 5.74) is 5.92. The van der Waals surface area contributed by atoms with Crippen LogP contribution in [-0.4, -0.2) is 13.7 Å². The number of nitrogens with two attached hydrogens (primary N) is 1. The fourth-order valence-electron chi connectivity index (χ4n) is 2.02. The summed E-state index contributed by atoms with van der Waals surface area (Å²) < 4.78 is 10.8. The number of benzene rings is 2. The number of hydrogen-bond acceptors (Lipinski definition) is 4. The Balaban J connectivity index is 1.99. The third kappa shape index (κ3) is 3.74. The van der Waals surface area contributed by atoms with E-state index in [1.165, 1.54) is 0 Å². The Labute approximate surface area is 124 Å². The molecule has 2 N–H and O–H groups in total. The van der Waals surface area contributed by atoms with Crippen LogP contribution in [0.2, 0.25) is 0 Å². The number of hydrogen-bond donors (Lipinski definition) is 1. The van der Waals surface area contributed by atoms with Crippen molar-refractivity contribution in [3.05, 3.63) is 60.2 Å². The first-order chi connectivity index (χ1) is 10.2. The van der Waals surface area contributed by atoms with Crippen molar-refractivity contribution in [3.8, 4) is 17.6 Å². The summed E-state index contributed by atoms with van der Waals surface area (Å²) in [4.78, 5) is 0. The van der Waals surface area contributed by atoms with Gasteiger partial charge in [0.2, 0.25) is 0 Å². The highest BCUT2D eigenvalue weighted by atomic mass is 16.5. The van der Waals surface area contributed by atoms with Gasteiger partial charge in [0.1, 0.15) is 17.0 Å². The quantitative estimate of drug-likeness (QED) is 0.884. The van der Waals surface area contributed by atoms with E-state index in [1.807, 2.05) is 48.5 Å². The molecule has 2 rings (SSSR count). The molecule has 0 fully saturated rings. The van der Waals surface area contributed by atoms with E-state index in [0.29, 0.717) is 18.8 Å². The lowest BCUT2D eigenvalue weighted by Gasteiger charge is -2.22. The monoisotopic (exact) mass is 282 g/mol. The molecule has 0 spiro atoms. The molecule has 0 radical (unpaired) electrons. The van der Waals surface area contributed by atoms with Gasteiger partial charge in [0.05, 0.1) is 19.8 Å². The number of nitriles is 1. The molecule has 0 aromatic heterocycles. The molecule has 0 heterocycles. The molecule has 4 heteroatoms. The molecular formula is C17H18N2O2. The summed E-state index contributed by atoms with van der Waals surface area (Å²) in [6, 6.07) is 18.9. The SMILES string of the molecule is COc1cccc(OCCC(N)(C#N)c2ccccc2)c1. The molecule has 1 unspecified atom stereocenters. The Kier molecular flexibility index (Phi) is 4.81. The molecule has 0 bridgehead atoms. The van der Waals surface area contributed by atoms with Gasteiger partial charge >= 0.3 is 0 Å². The maximum Gasteiger partial charge on any atom is 0.133 e. The topological polar surface area (TPSA) is 68.3 Å². The Morgan fingerprint density at radius 2 is 1.81 bits per heavy atom. The third-order valence-corrected chi connectivity index (χ3v) is 3.29. The highest BCUT2D eigenvalue weighted by Gasteiger charge is 2.26. The smallest absolute Gasteiger partial charge is 0.133 e. The van der Waals surface area contributed by atoms with E-state index < -0.39 is 5.54 Å². The van der Waals surface area contributed by atoms with Crippen LogP contribution < -0.4 is 15.2 Å². The Bertz CT molecular complexity index is 622. The lowest BCUT2D eigenvalue weighted by atomic mass is 9.89. The van der Waals surface area contributed by atoms with Crippen molar-refractivity contribution in [1.82, 2.24) is 0 Å².